The largest absolute Gasteiger partial charge is 0.451 e. The molecule has 0 saturated heterocycles. The fourth-order valence-electron chi connectivity index (χ4n) is 2.54. The summed E-state index contributed by atoms with van der Waals surface area (Å²) in [6, 6.07) is 7.89. The van der Waals surface area contributed by atoms with Crippen LogP contribution in [0.4, 0.5) is 19.0 Å². The second-order valence-electron chi connectivity index (χ2n) is 6.00. The number of nitrogens with one attached hydrogen (secondary N) is 2. The molecule has 0 amide bonds. The average Bonchev–Trinajstić information content (AvgIpc) is 3.08. The predicted molar refractivity (Wildman–Crippen MR) is 92.5 cm³/mol. The second-order valence-corrected chi connectivity index (χ2v) is 6.00. The lowest BCUT2D eigenvalue weighted by Crippen LogP contribution is -2.17. The lowest BCUT2D eigenvalue weighted by atomic mass is 10.1. The SMILES string of the molecule is CCN(C)Cc1cccc(CNc2nc(C(F)(F)F)nc3nc[nH]c23)c1. The maximum atomic E-state index is 13.0. The molecule has 1 aromatic carbocycles. The minimum atomic E-state index is -4.63. The van der Waals surface area contributed by atoms with E-state index in [1.807, 2.05) is 31.3 Å². The highest BCUT2D eigenvalue weighted by Crippen LogP contribution is 2.29. The van der Waals surface area contributed by atoms with Crippen LogP contribution in [0.1, 0.15) is 23.9 Å². The first-order chi connectivity index (χ1) is 12.4. The number of hydrogen-bond acceptors (Lipinski definition) is 5. The van der Waals surface area contributed by atoms with Crippen LogP contribution in [-0.2, 0) is 19.3 Å². The Labute approximate surface area is 148 Å². The molecule has 3 rings (SSSR count). The molecule has 0 aliphatic heterocycles. The van der Waals surface area contributed by atoms with E-state index in [2.05, 4.69) is 37.1 Å². The van der Waals surface area contributed by atoms with Crippen LogP contribution in [0.15, 0.2) is 30.6 Å². The number of aromatic amines is 1. The number of rotatable bonds is 6. The van der Waals surface area contributed by atoms with Crippen molar-refractivity contribution in [2.75, 3.05) is 18.9 Å². The third kappa shape index (κ3) is 4.10. The number of H-pyrrole nitrogens is 1. The molecule has 0 aliphatic rings. The molecule has 0 unspecified atom stereocenters. The van der Waals surface area contributed by atoms with Crippen molar-refractivity contribution in [3.8, 4) is 0 Å². The van der Waals surface area contributed by atoms with Crippen LogP contribution < -0.4 is 5.32 Å². The normalized spacial score (nSPS) is 12.1. The van der Waals surface area contributed by atoms with Crippen LogP contribution in [0.3, 0.4) is 0 Å². The average molecular weight is 364 g/mol. The van der Waals surface area contributed by atoms with Crippen molar-refractivity contribution in [1.29, 1.82) is 0 Å². The van der Waals surface area contributed by atoms with Gasteiger partial charge in [0.2, 0.25) is 5.82 Å². The molecule has 9 heteroatoms. The Morgan fingerprint density at radius 1 is 1.19 bits per heavy atom. The molecule has 0 aliphatic carbocycles. The van der Waals surface area contributed by atoms with E-state index < -0.39 is 12.0 Å². The fraction of sp³-hybridized carbons (Fsp3) is 0.353. The Morgan fingerprint density at radius 3 is 2.69 bits per heavy atom. The summed E-state index contributed by atoms with van der Waals surface area (Å²) >= 11 is 0. The fourth-order valence-corrected chi connectivity index (χ4v) is 2.54. The summed E-state index contributed by atoms with van der Waals surface area (Å²) in [4.78, 5) is 15.8. The highest BCUT2D eigenvalue weighted by molar-refractivity contribution is 5.82. The van der Waals surface area contributed by atoms with E-state index in [4.69, 9.17) is 0 Å². The van der Waals surface area contributed by atoms with Gasteiger partial charge in [-0.25, -0.2) is 15.0 Å². The van der Waals surface area contributed by atoms with Crippen LogP contribution >= 0.6 is 0 Å². The molecule has 0 saturated carbocycles. The summed E-state index contributed by atoms with van der Waals surface area (Å²) in [5, 5.41) is 2.96. The van der Waals surface area contributed by atoms with Gasteiger partial charge < -0.3 is 15.2 Å². The third-order valence-electron chi connectivity index (χ3n) is 3.98. The first kappa shape index (κ1) is 18.1. The molecule has 0 bridgehead atoms. The van der Waals surface area contributed by atoms with Crippen LogP contribution in [0.25, 0.3) is 11.2 Å². The minimum Gasteiger partial charge on any atom is -0.364 e. The Hall–Kier alpha value is -2.68. The Bertz CT molecular complexity index is 890. The van der Waals surface area contributed by atoms with Gasteiger partial charge in [-0.05, 0) is 24.7 Å². The number of nitrogens with zero attached hydrogens (tertiary/aromatic N) is 4. The van der Waals surface area contributed by atoms with Gasteiger partial charge in [-0.1, -0.05) is 31.2 Å². The van der Waals surface area contributed by atoms with Crippen molar-refractivity contribution >= 4 is 17.0 Å². The van der Waals surface area contributed by atoms with Crippen molar-refractivity contribution in [2.45, 2.75) is 26.2 Å². The Balaban J connectivity index is 1.81. The minimum absolute atomic E-state index is 0.0202. The summed E-state index contributed by atoms with van der Waals surface area (Å²) in [5.41, 5.74) is 2.42. The zero-order valence-electron chi connectivity index (χ0n) is 14.4. The number of halogens is 3. The zero-order valence-corrected chi connectivity index (χ0v) is 14.4. The van der Waals surface area contributed by atoms with Gasteiger partial charge in [-0.2, -0.15) is 13.2 Å². The summed E-state index contributed by atoms with van der Waals surface area (Å²) in [6.07, 6.45) is -3.33. The maximum absolute atomic E-state index is 13.0. The van der Waals surface area contributed by atoms with E-state index >= 15 is 0 Å². The molecular formula is C17H19F3N6. The lowest BCUT2D eigenvalue weighted by Gasteiger charge is -2.15. The molecule has 0 radical (unpaired) electrons. The molecular weight excluding hydrogens is 345 g/mol. The van der Waals surface area contributed by atoms with Crippen molar-refractivity contribution in [1.82, 2.24) is 24.8 Å². The number of anilines is 1. The number of aromatic nitrogens is 4. The highest BCUT2D eigenvalue weighted by Gasteiger charge is 2.36. The highest BCUT2D eigenvalue weighted by atomic mass is 19.4. The molecule has 3 aromatic rings. The van der Waals surface area contributed by atoms with Gasteiger partial charge in [-0.3, -0.25) is 0 Å². The van der Waals surface area contributed by atoms with Crippen molar-refractivity contribution in [2.24, 2.45) is 0 Å². The van der Waals surface area contributed by atoms with E-state index in [9.17, 15) is 13.2 Å². The molecule has 26 heavy (non-hydrogen) atoms. The topological polar surface area (TPSA) is 69.7 Å². The van der Waals surface area contributed by atoms with Crippen LogP contribution in [-0.4, -0.2) is 38.4 Å². The first-order valence-corrected chi connectivity index (χ1v) is 8.15. The zero-order chi connectivity index (χ0) is 18.7. The molecule has 0 spiro atoms. The van der Waals surface area contributed by atoms with E-state index in [1.54, 1.807) is 0 Å². The Kier molecular flexibility index (Phi) is 5.08. The molecule has 2 aromatic heterocycles. The smallest absolute Gasteiger partial charge is 0.364 e. The van der Waals surface area contributed by atoms with E-state index in [1.165, 1.54) is 6.33 Å². The van der Waals surface area contributed by atoms with Gasteiger partial charge in [0.25, 0.3) is 0 Å². The van der Waals surface area contributed by atoms with Crippen LogP contribution in [0.2, 0.25) is 0 Å². The van der Waals surface area contributed by atoms with Crippen molar-refractivity contribution < 1.29 is 13.2 Å². The maximum Gasteiger partial charge on any atom is 0.451 e. The van der Waals surface area contributed by atoms with Gasteiger partial charge in [-0.15, -0.1) is 0 Å². The molecule has 6 nitrogen and oxygen atoms in total. The van der Waals surface area contributed by atoms with Crippen molar-refractivity contribution in [3.63, 3.8) is 0 Å². The lowest BCUT2D eigenvalue weighted by molar-refractivity contribution is -0.144. The third-order valence-corrected chi connectivity index (χ3v) is 3.98. The number of hydrogen-bond donors (Lipinski definition) is 2. The van der Waals surface area contributed by atoms with Gasteiger partial charge in [0, 0.05) is 13.1 Å². The van der Waals surface area contributed by atoms with E-state index in [-0.39, 0.29) is 11.5 Å². The van der Waals surface area contributed by atoms with Gasteiger partial charge in [0.1, 0.15) is 5.52 Å². The molecule has 2 N–H and O–H groups in total. The summed E-state index contributed by atoms with van der Waals surface area (Å²) in [7, 11) is 2.03. The summed E-state index contributed by atoms with van der Waals surface area (Å²) in [6.45, 7) is 4.16. The molecule has 2 heterocycles. The summed E-state index contributed by atoms with van der Waals surface area (Å²) < 4.78 is 38.9. The van der Waals surface area contributed by atoms with Gasteiger partial charge >= 0.3 is 6.18 Å². The number of benzene rings is 1. The predicted octanol–water partition coefficient (Wildman–Crippen LogP) is 3.44. The van der Waals surface area contributed by atoms with Crippen molar-refractivity contribution in [3.05, 3.63) is 47.5 Å². The molecule has 0 atom stereocenters. The molecule has 0 fully saturated rings. The quantitative estimate of drug-likeness (QED) is 0.701. The Morgan fingerprint density at radius 2 is 1.96 bits per heavy atom. The van der Waals surface area contributed by atoms with Gasteiger partial charge in [0.15, 0.2) is 11.5 Å². The number of alkyl halides is 3. The van der Waals surface area contributed by atoms with E-state index in [0.29, 0.717) is 12.1 Å². The summed E-state index contributed by atoms with van der Waals surface area (Å²) in [5.74, 6) is -1.13. The van der Waals surface area contributed by atoms with Crippen LogP contribution in [0.5, 0.6) is 0 Å². The number of imidazole rings is 1. The second kappa shape index (κ2) is 7.28. The standard InChI is InChI=1S/C17H19F3N6/c1-3-26(2)9-12-6-4-5-11(7-12)8-21-14-13-15(23-10-22-13)25-16(24-14)17(18,19)20/h4-7,10H,3,8-9H2,1-2H3,(H2,21,22,23,24,25). The monoisotopic (exact) mass is 364 g/mol. The number of fused-ring (bicyclic) bond motifs is 1. The van der Waals surface area contributed by atoms with Gasteiger partial charge in [0.05, 0.1) is 6.33 Å². The molecule has 138 valence electrons. The van der Waals surface area contributed by atoms with E-state index in [0.717, 1.165) is 24.2 Å². The van der Waals surface area contributed by atoms with Crippen LogP contribution in [0, 0.1) is 0 Å². The first-order valence-electron chi connectivity index (χ1n) is 8.15.